The fourth-order valence-electron chi connectivity index (χ4n) is 3.12. The van der Waals surface area contributed by atoms with E-state index in [0.29, 0.717) is 11.3 Å². The van der Waals surface area contributed by atoms with E-state index in [1.54, 1.807) is 18.2 Å². The van der Waals surface area contributed by atoms with E-state index < -0.39 is 11.7 Å². The average molecular weight is 405 g/mol. The summed E-state index contributed by atoms with van der Waals surface area (Å²) in [4.78, 5) is 27.3. The van der Waals surface area contributed by atoms with Crippen molar-refractivity contribution in [2.75, 3.05) is 24.3 Å². The van der Waals surface area contributed by atoms with Gasteiger partial charge in [-0.15, -0.1) is 0 Å². The van der Waals surface area contributed by atoms with Gasteiger partial charge in [-0.3, -0.25) is 9.59 Å². The molecule has 0 aliphatic heterocycles. The first-order chi connectivity index (χ1) is 14.3. The Labute approximate surface area is 175 Å². The molecule has 0 radical (unpaired) electrons. The molecular formula is C24H24FN3O2. The average Bonchev–Trinajstić information content (AvgIpc) is 2.74. The van der Waals surface area contributed by atoms with Crippen molar-refractivity contribution in [3.63, 3.8) is 0 Å². The number of carbonyl (C=O) groups is 2. The molecule has 0 heterocycles. The molecule has 0 unspecified atom stereocenters. The zero-order valence-electron chi connectivity index (χ0n) is 17.1. The molecule has 3 aromatic carbocycles. The van der Waals surface area contributed by atoms with Crippen LogP contribution in [0.2, 0.25) is 0 Å². The van der Waals surface area contributed by atoms with E-state index in [1.807, 2.05) is 56.3 Å². The first-order valence-corrected chi connectivity index (χ1v) is 9.59. The molecule has 0 aliphatic carbocycles. The Hall–Kier alpha value is -3.67. The number of nitrogens with zero attached hydrogens (tertiary/aromatic N) is 1. The van der Waals surface area contributed by atoms with E-state index in [4.69, 9.17) is 0 Å². The number of nitrogens with one attached hydrogen (secondary N) is 2. The molecule has 30 heavy (non-hydrogen) atoms. The largest absolute Gasteiger partial charge is 0.377 e. The molecule has 0 spiro atoms. The van der Waals surface area contributed by atoms with Gasteiger partial charge in [0.05, 0.1) is 11.6 Å². The van der Waals surface area contributed by atoms with Crippen molar-refractivity contribution in [3.05, 3.63) is 95.3 Å². The Morgan fingerprint density at radius 2 is 1.63 bits per heavy atom. The monoisotopic (exact) mass is 405 g/mol. The maximum Gasteiger partial charge on any atom is 0.255 e. The van der Waals surface area contributed by atoms with E-state index in [9.17, 15) is 14.0 Å². The maximum absolute atomic E-state index is 13.4. The van der Waals surface area contributed by atoms with Crippen molar-refractivity contribution in [3.8, 4) is 0 Å². The van der Waals surface area contributed by atoms with Crippen molar-refractivity contribution >= 4 is 23.2 Å². The summed E-state index contributed by atoms with van der Waals surface area (Å²) in [6.45, 7) is 1.91. The van der Waals surface area contributed by atoms with Crippen molar-refractivity contribution in [2.45, 2.75) is 13.0 Å². The molecule has 0 saturated carbocycles. The predicted octanol–water partition coefficient (Wildman–Crippen LogP) is 4.64. The minimum atomic E-state index is -0.486. The van der Waals surface area contributed by atoms with E-state index >= 15 is 0 Å². The zero-order valence-corrected chi connectivity index (χ0v) is 17.1. The second kappa shape index (κ2) is 9.22. The summed E-state index contributed by atoms with van der Waals surface area (Å²) in [6, 6.07) is 20.0. The van der Waals surface area contributed by atoms with Crippen LogP contribution in [0.5, 0.6) is 0 Å². The number of anilines is 2. The number of hydrogen-bond donors (Lipinski definition) is 2. The van der Waals surface area contributed by atoms with Gasteiger partial charge >= 0.3 is 0 Å². The molecule has 154 valence electrons. The lowest BCUT2D eigenvalue weighted by molar-refractivity contribution is 0.0939. The summed E-state index contributed by atoms with van der Waals surface area (Å²) < 4.78 is 13.4. The van der Waals surface area contributed by atoms with E-state index in [2.05, 4.69) is 10.6 Å². The fraction of sp³-hybridized carbons (Fsp3) is 0.167. The molecule has 5 nitrogen and oxygen atoms in total. The number of rotatable bonds is 6. The van der Waals surface area contributed by atoms with Gasteiger partial charge in [-0.2, -0.15) is 0 Å². The van der Waals surface area contributed by atoms with Crippen LogP contribution in [0.15, 0.2) is 72.8 Å². The van der Waals surface area contributed by atoms with Crippen molar-refractivity contribution in [1.29, 1.82) is 0 Å². The van der Waals surface area contributed by atoms with Crippen LogP contribution >= 0.6 is 0 Å². The molecule has 0 fully saturated rings. The van der Waals surface area contributed by atoms with Gasteiger partial charge in [0, 0.05) is 31.0 Å². The molecule has 3 aromatic rings. The minimum Gasteiger partial charge on any atom is -0.377 e. The number of carbonyl (C=O) groups excluding carboxylic acids is 2. The highest BCUT2D eigenvalue weighted by Gasteiger charge is 2.18. The highest BCUT2D eigenvalue weighted by Crippen LogP contribution is 2.24. The topological polar surface area (TPSA) is 61.4 Å². The lowest BCUT2D eigenvalue weighted by Crippen LogP contribution is -2.28. The van der Waals surface area contributed by atoms with Crippen LogP contribution in [0.3, 0.4) is 0 Å². The lowest BCUT2D eigenvalue weighted by Gasteiger charge is -2.20. The first-order valence-electron chi connectivity index (χ1n) is 9.59. The van der Waals surface area contributed by atoms with E-state index in [1.165, 1.54) is 24.3 Å². The highest BCUT2D eigenvalue weighted by molar-refractivity contribution is 6.06. The summed E-state index contributed by atoms with van der Waals surface area (Å²) >= 11 is 0. The van der Waals surface area contributed by atoms with Crippen LogP contribution in [0.1, 0.15) is 39.2 Å². The molecular weight excluding hydrogens is 381 g/mol. The van der Waals surface area contributed by atoms with E-state index in [-0.39, 0.29) is 17.5 Å². The molecule has 2 N–H and O–H groups in total. The Morgan fingerprint density at radius 3 is 2.30 bits per heavy atom. The van der Waals surface area contributed by atoms with Crippen LogP contribution in [0, 0.1) is 5.82 Å². The third kappa shape index (κ3) is 5.03. The van der Waals surface area contributed by atoms with Crippen molar-refractivity contribution in [1.82, 2.24) is 5.32 Å². The van der Waals surface area contributed by atoms with Crippen LogP contribution in [0.4, 0.5) is 15.8 Å². The Balaban J connectivity index is 1.83. The van der Waals surface area contributed by atoms with Gasteiger partial charge in [0.25, 0.3) is 11.8 Å². The van der Waals surface area contributed by atoms with Crippen molar-refractivity contribution in [2.24, 2.45) is 0 Å². The van der Waals surface area contributed by atoms with Crippen LogP contribution < -0.4 is 15.5 Å². The van der Waals surface area contributed by atoms with Gasteiger partial charge in [0.15, 0.2) is 0 Å². The van der Waals surface area contributed by atoms with Crippen LogP contribution in [-0.4, -0.2) is 25.9 Å². The lowest BCUT2D eigenvalue weighted by atomic mass is 10.1. The van der Waals surface area contributed by atoms with Crippen LogP contribution in [-0.2, 0) is 0 Å². The van der Waals surface area contributed by atoms with E-state index in [0.717, 1.165) is 11.3 Å². The minimum absolute atomic E-state index is 0.181. The summed E-state index contributed by atoms with van der Waals surface area (Å²) in [5.41, 5.74) is 2.80. The Kier molecular flexibility index (Phi) is 6.47. The summed E-state index contributed by atoms with van der Waals surface area (Å²) in [5.74, 6) is -1.19. The van der Waals surface area contributed by atoms with Gasteiger partial charge in [0.2, 0.25) is 0 Å². The first kappa shape index (κ1) is 21.0. The normalized spacial score (nSPS) is 11.5. The Bertz CT molecular complexity index is 1050. The number of benzene rings is 3. The number of hydrogen-bond acceptors (Lipinski definition) is 3. The van der Waals surface area contributed by atoms with Gasteiger partial charge in [-0.05, 0) is 48.9 Å². The summed E-state index contributed by atoms with van der Waals surface area (Å²) in [5, 5.41) is 5.73. The smallest absolute Gasteiger partial charge is 0.255 e. The summed E-state index contributed by atoms with van der Waals surface area (Å²) in [7, 11) is 3.69. The molecule has 0 aliphatic rings. The molecule has 0 bridgehead atoms. The van der Waals surface area contributed by atoms with Crippen LogP contribution in [0.25, 0.3) is 0 Å². The molecule has 0 aromatic heterocycles. The molecule has 0 saturated heterocycles. The second-order valence-corrected chi connectivity index (χ2v) is 7.20. The third-order valence-electron chi connectivity index (χ3n) is 4.71. The maximum atomic E-state index is 13.4. The highest BCUT2D eigenvalue weighted by atomic mass is 19.1. The summed E-state index contributed by atoms with van der Waals surface area (Å²) in [6.07, 6.45) is 0. The zero-order chi connectivity index (χ0) is 21.7. The quantitative estimate of drug-likeness (QED) is 0.628. The van der Waals surface area contributed by atoms with Gasteiger partial charge in [-0.1, -0.05) is 36.4 Å². The predicted molar refractivity (Wildman–Crippen MR) is 117 cm³/mol. The second-order valence-electron chi connectivity index (χ2n) is 7.20. The van der Waals surface area contributed by atoms with Gasteiger partial charge in [0.1, 0.15) is 5.82 Å². The Morgan fingerprint density at radius 1 is 0.900 bits per heavy atom. The van der Waals surface area contributed by atoms with Crippen molar-refractivity contribution < 1.29 is 14.0 Å². The standard InChI is InChI=1S/C24H24FN3O2/c1-16(17-8-5-4-6-9-17)26-24(30)21-15-20(12-13-22(21)28(2)3)27-23(29)18-10-7-11-19(25)14-18/h4-16H,1-3H3,(H,26,30)(H,27,29)/t16-/m1/s1. The molecule has 2 amide bonds. The molecule has 1 atom stereocenters. The fourth-order valence-corrected chi connectivity index (χ4v) is 3.12. The number of halogens is 1. The van der Waals surface area contributed by atoms with Gasteiger partial charge in [-0.25, -0.2) is 4.39 Å². The molecule has 3 rings (SSSR count). The molecule has 6 heteroatoms. The SMILES string of the molecule is C[C@@H](NC(=O)c1cc(NC(=O)c2cccc(F)c2)ccc1N(C)C)c1ccccc1. The third-order valence-corrected chi connectivity index (χ3v) is 4.71. The number of amides is 2. The van der Waals surface area contributed by atoms with Gasteiger partial charge < -0.3 is 15.5 Å².